The van der Waals surface area contributed by atoms with Gasteiger partial charge in [-0.2, -0.15) is 0 Å². The van der Waals surface area contributed by atoms with Crippen LogP contribution in [0, 0.1) is 0 Å². The molecule has 1 aliphatic rings. The van der Waals surface area contributed by atoms with Crippen molar-refractivity contribution in [1.29, 1.82) is 0 Å². The van der Waals surface area contributed by atoms with E-state index in [9.17, 15) is 4.79 Å². The van der Waals surface area contributed by atoms with Crippen molar-refractivity contribution in [2.45, 2.75) is 39.5 Å². The number of hydroxylamine groups is 2. The van der Waals surface area contributed by atoms with Gasteiger partial charge < -0.3 is 0 Å². The van der Waals surface area contributed by atoms with Gasteiger partial charge in [0.25, 0.3) is 5.91 Å². The summed E-state index contributed by atoms with van der Waals surface area (Å²) >= 11 is 0. The molecule has 0 aliphatic carbocycles. The van der Waals surface area contributed by atoms with Gasteiger partial charge in [0.05, 0.1) is 13.2 Å². The number of amides is 1. The molecule has 0 bridgehead atoms. The fourth-order valence-corrected chi connectivity index (χ4v) is 1.51. The van der Waals surface area contributed by atoms with Gasteiger partial charge in [0.2, 0.25) is 0 Å². The Kier molecular flexibility index (Phi) is 4.66. The molecule has 0 radical (unpaired) electrons. The number of hydrogen-bond donors (Lipinski definition) is 0. The predicted molar refractivity (Wildman–Crippen MR) is 55.6 cm³/mol. The summed E-state index contributed by atoms with van der Waals surface area (Å²) in [5.74, 6) is 0.00755. The van der Waals surface area contributed by atoms with Crippen LogP contribution >= 0.6 is 0 Å². The van der Waals surface area contributed by atoms with E-state index >= 15 is 0 Å². The summed E-state index contributed by atoms with van der Waals surface area (Å²) in [5, 5.41) is 1.42. The minimum atomic E-state index is 0.00755. The van der Waals surface area contributed by atoms with Crippen molar-refractivity contribution < 1.29 is 9.63 Å². The van der Waals surface area contributed by atoms with Gasteiger partial charge in [0.1, 0.15) is 0 Å². The van der Waals surface area contributed by atoms with Gasteiger partial charge in [-0.3, -0.25) is 9.63 Å². The van der Waals surface area contributed by atoms with Gasteiger partial charge in [-0.25, -0.2) is 5.06 Å². The van der Waals surface area contributed by atoms with E-state index in [1.807, 2.05) is 0 Å². The van der Waals surface area contributed by atoms with Gasteiger partial charge in [-0.15, -0.1) is 0 Å². The lowest BCUT2D eigenvalue weighted by molar-refractivity contribution is -0.234. The maximum atomic E-state index is 11.5. The van der Waals surface area contributed by atoms with Crippen molar-refractivity contribution in [3.8, 4) is 0 Å². The molecule has 3 heteroatoms. The second kappa shape index (κ2) is 5.81. The smallest absolute Gasteiger partial charge is 0.269 e. The molecule has 0 saturated carbocycles. The molecule has 0 N–H and O–H groups in total. The van der Waals surface area contributed by atoms with Gasteiger partial charge in [-0.05, 0) is 12.8 Å². The second-order valence-electron chi connectivity index (χ2n) is 3.58. The fraction of sp³-hybridized carbons (Fsp3) is 0.727. The maximum Gasteiger partial charge on any atom is 0.270 e. The number of hydrogen-bond acceptors (Lipinski definition) is 2. The largest absolute Gasteiger partial charge is 0.270 e. The number of allylic oxidation sites excluding steroid dienone is 1. The Morgan fingerprint density at radius 3 is 2.29 bits per heavy atom. The van der Waals surface area contributed by atoms with Crippen LogP contribution in [0.25, 0.3) is 0 Å². The van der Waals surface area contributed by atoms with E-state index in [1.165, 1.54) is 10.6 Å². The first-order chi connectivity index (χ1) is 6.77. The van der Waals surface area contributed by atoms with Gasteiger partial charge >= 0.3 is 0 Å². The monoisotopic (exact) mass is 197 g/mol. The zero-order valence-corrected chi connectivity index (χ0v) is 9.08. The molecule has 1 amide bonds. The topological polar surface area (TPSA) is 29.5 Å². The van der Waals surface area contributed by atoms with Crippen molar-refractivity contribution in [2.24, 2.45) is 0 Å². The van der Waals surface area contributed by atoms with Crippen LogP contribution in [0.15, 0.2) is 11.6 Å². The van der Waals surface area contributed by atoms with Gasteiger partial charge in [-0.1, -0.05) is 32.3 Å². The zero-order chi connectivity index (χ0) is 10.4. The predicted octanol–water partition coefficient (Wildman–Crippen LogP) is 2.29. The van der Waals surface area contributed by atoms with E-state index in [4.69, 9.17) is 4.84 Å². The lowest BCUT2D eigenvalue weighted by Gasteiger charge is -2.28. The Bertz CT molecular complexity index is 211. The highest BCUT2D eigenvalue weighted by Gasteiger charge is 2.19. The molecule has 1 saturated heterocycles. The van der Waals surface area contributed by atoms with Crippen LogP contribution in [0.4, 0.5) is 0 Å². The van der Waals surface area contributed by atoms with Crippen molar-refractivity contribution in [1.82, 2.24) is 5.06 Å². The standard InChI is InChI=1S/C11H19NO2/c1-3-5-10(6-4-2)9-11(13)12-7-8-14-12/h9H,3-8H2,1-2H3. The summed E-state index contributed by atoms with van der Waals surface area (Å²) in [6.45, 7) is 5.68. The van der Waals surface area contributed by atoms with E-state index in [0.717, 1.165) is 32.2 Å². The third-order valence-corrected chi connectivity index (χ3v) is 2.26. The Hall–Kier alpha value is -0.830. The highest BCUT2D eigenvalue weighted by molar-refractivity contribution is 5.87. The normalized spacial score (nSPS) is 14.9. The lowest BCUT2D eigenvalue weighted by Crippen LogP contribution is -2.43. The fourth-order valence-electron chi connectivity index (χ4n) is 1.51. The van der Waals surface area contributed by atoms with Crippen LogP contribution in [0.3, 0.4) is 0 Å². The molecule has 1 aliphatic heterocycles. The Morgan fingerprint density at radius 1 is 1.36 bits per heavy atom. The van der Waals surface area contributed by atoms with Crippen molar-refractivity contribution in [3.63, 3.8) is 0 Å². The molecule has 80 valence electrons. The molecular formula is C11H19NO2. The first-order valence-electron chi connectivity index (χ1n) is 5.41. The Labute approximate surface area is 85.7 Å². The summed E-state index contributed by atoms with van der Waals surface area (Å²) < 4.78 is 0. The number of carbonyl (C=O) groups excluding carboxylic acids is 1. The molecule has 0 aromatic carbocycles. The van der Waals surface area contributed by atoms with Crippen LogP contribution in [0.2, 0.25) is 0 Å². The summed E-state index contributed by atoms with van der Waals surface area (Å²) in [7, 11) is 0. The molecule has 3 nitrogen and oxygen atoms in total. The molecular weight excluding hydrogens is 178 g/mol. The van der Waals surface area contributed by atoms with E-state index in [0.29, 0.717) is 6.61 Å². The summed E-state index contributed by atoms with van der Waals surface area (Å²) in [4.78, 5) is 16.5. The summed E-state index contributed by atoms with van der Waals surface area (Å²) in [6.07, 6.45) is 5.98. The van der Waals surface area contributed by atoms with E-state index < -0.39 is 0 Å². The molecule has 0 atom stereocenters. The minimum Gasteiger partial charge on any atom is -0.269 e. The molecule has 0 aromatic heterocycles. The average molecular weight is 197 g/mol. The second-order valence-corrected chi connectivity index (χ2v) is 3.58. The van der Waals surface area contributed by atoms with Crippen LogP contribution in [-0.2, 0) is 9.63 Å². The van der Waals surface area contributed by atoms with Crippen LogP contribution in [-0.4, -0.2) is 24.1 Å². The molecule has 1 fully saturated rings. The van der Waals surface area contributed by atoms with Gasteiger partial charge in [0, 0.05) is 6.08 Å². The summed E-state index contributed by atoms with van der Waals surface area (Å²) in [6, 6.07) is 0. The molecule has 1 rings (SSSR count). The van der Waals surface area contributed by atoms with Crippen molar-refractivity contribution in [3.05, 3.63) is 11.6 Å². The SMILES string of the molecule is CCCC(=CC(=O)N1CCO1)CCC. The third kappa shape index (κ3) is 3.14. The molecule has 0 spiro atoms. The van der Waals surface area contributed by atoms with Gasteiger partial charge in [0.15, 0.2) is 0 Å². The van der Waals surface area contributed by atoms with Crippen molar-refractivity contribution in [2.75, 3.05) is 13.2 Å². The quantitative estimate of drug-likeness (QED) is 0.633. The minimum absolute atomic E-state index is 0.00755. The molecule has 1 heterocycles. The average Bonchev–Trinajstić information content (AvgIpc) is 2.01. The summed E-state index contributed by atoms with van der Waals surface area (Å²) in [5.41, 5.74) is 1.25. The first-order valence-corrected chi connectivity index (χ1v) is 5.41. The zero-order valence-electron chi connectivity index (χ0n) is 9.08. The van der Waals surface area contributed by atoms with Crippen LogP contribution in [0.5, 0.6) is 0 Å². The Balaban J connectivity index is 2.46. The van der Waals surface area contributed by atoms with E-state index in [-0.39, 0.29) is 5.91 Å². The Morgan fingerprint density at radius 2 is 1.93 bits per heavy atom. The van der Waals surface area contributed by atoms with Crippen LogP contribution in [0.1, 0.15) is 39.5 Å². The number of rotatable bonds is 5. The lowest BCUT2D eigenvalue weighted by atomic mass is 10.1. The number of carbonyl (C=O) groups is 1. The highest BCUT2D eigenvalue weighted by Crippen LogP contribution is 2.13. The van der Waals surface area contributed by atoms with Crippen LogP contribution < -0.4 is 0 Å². The van der Waals surface area contributed by atoms with E-state index in [1.54, 1.807) is 6.08 Å². The van der Waals surface area contributed by atoms with E-state index in [2.05, 4.69) is 13.8 Å². The molecule has 14 heavy (non-hydrogen) atoms. The number of nitrogens with zero attached hydrogens (tertiary/aromatic N) is 1. The third-order valence-electron chi connectivity index (χ3n) is 2.26. The first kappa shape index (κ1) is 11.2. The van der Waals surface area contributed by atoms with Crippen molar-refractivity contribution >= 4 is 5.91 Å². The maximum absolute atomic E-state index is 11.5. The molecule has 0 aromatic rings. The molecule has 0 unspecified atom stereocenters. The highest BCUT2D eigenvalue weighted by atomic mass is 16.7.